The highest BCUT2D eigenvalue weighted by Crippen LogP contribution is 2.23. The molecule has 4 rings (SSSR count). The Kier molecular flexibility index (Phi) is 5.69. The summed E-state index contributed by atoms with van der Waals surface area (Å²) in [5.41, 5.74) is 2.62. The van der Waals surface area contributed by atoms with Crippen LogP contribution in [0.2, 0.25) is 0 Å². The summed E-state index contributed by atoms with van der Waals surface area (Å²) in [6.07, 6.45) is 2.87. The number of aromatic nitrogens is 3. The van der Waals surface area contributed by atoms with Crippen LogP contribution in [0.4, 0.5) is 10.5 Å². The molecule has 3 N–H and O–H groups in total. The van der Waals surface area contributed by atoms with E-state index in [1.165, 1.54) is 5.56 Å². The summed E-state index contributed by atoms with van der Waals surface area (Å²) >= 11 is 0. The number of hydrogen-bond acceptors (Lipinski definition) is 5. The molecule has 3 aromatic rings. The number of pyridine rings is 1. The summed E-state index contributed by atoms with van der Waals surface area (Å²) in [6, 6.07) is 11.8. The van der Waals surface area contributed by atoms with Crippen molar-refractivity contribution in [1.29, 1.82) is 0 Å². The molecule has 0 saturated carbocycles. The summed E-state index contributed by atoms with van der Waals surface area (Å²) < 4.78 is 1.72. The van der Waals surface area contributed by atoms with Gasteiger partial charge in [0.2, 0.25) is 0 Å². The number of benzene rings is 1. The number of anilines is 1. The minimum atomic E-state index is -0.882. The van der Waals surface area contributed by atoms with Gasteiger partial charge >= 0.3 is 6.03 Å². The number of nitrogens with one attached hydrogen (secondary N) is 2. The number of aryl methyl sites for hydroxylation is 2. The van der Waals surface area contributed by atoms with Crippen molar-refractivity contribution >= 4 is 22.8 Å². The average Bonchev–Trinajstić information content (AvgIpc) is 3.02. The van der Waals surface area contributed by atoms with Gasteiger partial charge in [-0.1, -0.05) is 30.3 Å². The Morgan fingerprint density at radius 1 is 1.23 bits per heavy atom. The van der Waals surface area contributed by atoms with Crippen molar-refractivity contribution in [2.24, 2.45) is 7.05 Å². The molecular formula is C22H28N6O2. The van der Waals surface area contributed by atoms with Gasteiger partial charge in [-0.25, -0.2) is 9.78 Å². The number of fused-ring (bicyclic) bond motifs is 1. The number of amides is 2. The van der Waals surface area contributed by atoms with Crippen molar-refractivity contribution in [3.05, 3.63) is 53.9 Å². The third kappa shape index (κ3) is 4.60. The maximum Gasteiger partial charge on any atom is 0.319 e. The number of urea groups is 1. The predicted molar refractivity (Wildman–Crippen MR) is 116 cm³/mol. The first-order chi connectivity index (χ1) is 14.4. The lowest BCUT2D eigenvalue weighted by molar-refractivity contribution is -0.0194. The number of carbonyl (C=O) groups is 1. The van der Waals surface area contributed by atoms with Gasteiger partial charge < -0.3 is 15.7 Å². The number of hydrogen-bond donors (Lipinski definition) is 3. The van der Waals surface area contributed by atoms with Gasteiger partial charge in [0.05, 0.1) is 23.2 Å². The van der Waals surface area contributed by atoms with Crippen LogP contribution in [0.1, 0.15) is 24.1 Å². The van der Waals surface area contributed by atoms with Crippen LogP contribution in [0, 0.1) is 6.92 Å². The van der Waals surface area contributed by atoms with Gasteiger partial charge in [0.15, 0.2) is 5.65 Å². The van der Waals surface area contributed by atoms with Crippen LogP contribution in [0.15, 0.2) is 42.6 Å². The Balaban J connectivity index is 1.27. The maximum absolute atomic E-state index is 12.3. The molecule has 8 heteroatoms. The van der Waals surface area contributed by atoms with Gasteiger partial charge in [-0.05, 0) is 31.4 Å². The molecule has 158 valence electrons. The molecule has 2 aromatic heterocycles. The monoisotopic (exact) mass is 408 g/mol. The van der Waals surface area contributed by atoms with Gasteiger partial charge in [0.1, 0.15) is 0 Å². The quantitative estimate of drug-likeness (QED) is 0.603. The molecule has 0 unspecified atom stereocenters. The van der Waals surface area contributed by atoms with E-state index >= 15 is 0 Å². The summed E-state index contributed by atoms with van der Waals surface area (Å²) in [4.78, 5) is 19.0. The van der Waals surface area contributed by atoms with E-state index in [-0.39, 0.29) is 12.6 Å². The zero-order valence-electron chi connectivity index (χ0n) is 17.4. The van der Waals surface area contributed by atoms with Crippen LogP contribution < -0.4 is 10.6 Å². The first-order valence-electron chi connectivity index (χ1n) is 10.2. The Morgan fingerprint density at radius 3 is 2.70 bits per heavy atom. The summed E-state index contributed by atoms with van der Waals surface area (Å²) in [6.45, 7) is 4.62. The molecule has 1 aliphatic rings. The molecule has 0 bridgehead atoms. The van der Waals surface area contributed by atoms with E-state index in [1.54, 1.807) is 10.9 Å². The second-order valence-electron chi connectivity index (χ2n) is 8.10. The molecule has 1 aromatic carbocycles. The third-order valence-corrected chi connectivity index (χ3v) is 5.73. The topological polar surface area (TPSA) is 95.3 Å². The first kappa shape index (κ1) is 20.3. The molecule has 30 heavy (non-hydrogen) atoms. The lowest BCUT2D eigenvalue weighted by atomic mass is 9.91. The van der Waals surface area contributed by atoms with Crippen molar-refractivity contribution in [2.45, 2.75) is 31.9 Å². The number of aliphatic hydroxyl groups is 1. The van der Waals surface area contributed by atoms with Crippen molar-refractivity contribution in [3.63, 3.8) is 0 Å². The van der Waals surface area contributed by atoms with E-state index < -0.39 is 5.60 Å². The molecule has 2 amide bonds. The largest absolute Gasteiger partial charge is 0.388 e. The molecule has 0 aliphatic carbocycles. The summed E-state index contributed by atoms with van der Waals surface area (Å²) in [5, 5.41) is 21.7. The molecule has 0 spiro atoms. The fraction of sp³-hybridized carbons (Fsp3) is 0.409. The Hall–Kier alpha value is -2.97. The fourth-order valence-electron chi connectivity index (χ4n) is 3.94. The minimum absolute atomic E-state index is 0.222. The van der Waals surface area contributed by atoms with Crippen LogP contribution in [-0.2, 0) is 13.6 Å². The number of piperidine rings is 1. The first-order valence-corrected chi connectivity index (χ1v) is 10.2. The van der Waals surface area contributed by atoms with E-state index in [0.29, 0.717) is 18.5 Å². The smallest absolute Gasteiger partial charge is 0.319 e. The third-order valence-electron chi connectivity index (χ3n) is 5.73. The van der Waals surface area contributed by atoms with Gasteiger partial charge in [-0.2, -0.15) is 5.10 Å². The van der Waals surface area contributed by atoms with Crippen molar-refractivity contribution in [1.82, 2.24) is 25.0 Å². The molecular weight excluding hydrogens is 380 g/mol. The van der Waals surface area contributed by atoms with Gasteiger partial charge in [0, 0.05) is 38.6 Å². The Bertz CT molecular complexity index is 1020. The average molecular weight is 409 g/mol. The highest BCUT2D eigenvalue weighted by Gasteiger charge is 2.32. The number of carbonyl (C=O) groups excluding carboxylic acids is 1. The molecule has 8 nitrogen and oxygen atoms in total. The van der Waals surface area contributed by atoms with Crippen LogP contribution in [0.5, 0.6) is 0 Å². The minimum Gasteiger partial charge on any atom is -0.388 e. The number of rotatable bonds is 5. The van der Waals surface area contributed by atoms with Crippen molar-refractivity contribution < 1.29 is 9.90 Å². The molecule has 1 aliphatic heterocycles. The lowest BCUT2D eigenvalue weighted by Crippen LogP contribution is -2.51. The van der Waals surface area contributed by atoms with Gasteiger partial charge in [0.25, 0.3) is 0 Å². The van der Waals surface area contributed by atoms with Crippen LogP contribution in [0.3, 0.4) is 0 Å². The predicted octanol–water partition coefficient (Wildman–Crippen LogP) is 2.43. The number of nitrogens with zero attached hydrogens (tertiary/aromatic N) is 4. The number of likely N-dealkylation sites (tertiary alicyclic amines) is 1. The second kappa shape index (κ2) is 8.41. The SMILES string of the molecule is Cc1nn(C)c2ncc(NC(=O)NCC3(O)CCN(Cc4ccccc4)CC3)cc12. The maximum atomic E-state index is 12.3. The van der Waals surface area contributed by atoms with Gasteiger partial charge in [-0.15, -0.1) is 0 Å². The molecule has 1 saturated heterocycles. The summed E-state index contributed by atoms with van der Waals surface area (Å²) in [5.74, 6) is 0. The highest BCUT2D eigenvalue weighted by atomic mass is 16.3. The van der Waals surface area contributed by atoms with E-state index in [9.17, 15) is 9.90 Å². The lowest BCUT2D eigenvalue weighted by Gasteiger charge is -2.38. The van der Waals surface area contributed by atoms with E-state index in [4.69, 9.17) is 0 Å². The zero-order chi connectivity index (χ0) is 21.1. The van der Waals surface area contributed by atoms with Crippen LogP contribution in [-0.4, -0.2) is 56.0 Å². The molecule has 0 radical (unpaired) electrons. The van der Waals surface area contributed by atoms with Crippen LogP contribution >= 0.6 is 0 Å². The van der Waals surface area contributed by atoms with Crippen LogP contribution in [0.25, 0.3) is 11.0 Å². The Labute approximate surface area is 175 Å². The van der Waals surface area contributed by atoms with E-state index in [2.05, 4.69) is 37.7 Å². The molecule has 1 fully saturated rings. The van der Waals surface area contributed by atoms with Crippen molar-refractivity contribution in [3.8, 4) is 0 Å². The van der Waals surface area contributed by atoms with Crippen molar-refractivity contribution in [2.75, 3.05) is 25.0 Å². The fourth-order valence-corrected chi connectivity index (χ4v) is 3.94. The molecule has 3 heterocycles. The molecule has 0 atom stereocenters. The van der Waals surface area contributed by atoms with E-state index in [1.807, 2.05) is 38.2 Å². The zero-order valence-corrected chi connectivity index (χ0v) is 17.4. The standard InChI is InChI=1S/C22H28N6O2/c1-16-19-12-18(13-23-20(19)27(2)26-16)25-21(29)24-15-22(30)8-10-28(11-9-22)14-17-6-4-3-5-7-17/h3-7,12-13,30H,8-11,14-15H2,1-2H3,(H2,24,25,29). The van der Waals surface area contributed by atoms with E-state index in [0.717, 1.165) is 36.4 Å². The summed E-state index contributed by atoms with van der Waals surface area (Å²) in [7, 11) is 1.84. The second-order valence-corrected chi connectivity index (χ2v) is 8.10. The highest BCUT2D eigenvalue weighted by molar-refractivity contribution is 5.92. The Morgan fingerprint density at radius 2 is 1.97 bits per heavy atom. The normalized spacial score (nSPS) is 16.5. The van der Waals surface area contributed by atoms with Gasteiger partial charge in [-0.3, -0.25) is 9.58 Å².